The van der Waals surface area contributed by atoms with E-state index >= 15 is 8.78 Å². The molecule has 9 nitrogen and oxygen atoms in total. The van der Waals surface area contributed by atoms with E-state index in [1.165, 1.54) is 36.4 Å². The Hall–Kier alpha value is -5.25. The molecule has 2 N–H and O–H groups in total. The molecule has 3 heterocycles. The molecule has 1 aliphatic rings. The van der Waals surface area contributed by atoms with Crippen molar-refractivity contribution in [2.75, 3.05) is 19.8 Å². The summed E-state index contributed by atoms with van der Waals surface area (Å²) in [6.07, 6.45) is 1.01. The minimum Gasteiger partial charge on any atom is -0.478 e. The molecular formula is C34H29F3N4O5. The smallest absolute Gasteiger partial charge is 0.335 e. The lowest BCUT2D eigenvalue weighted by atomic mass is 10.0. The first kappa shape index (κ1) is 32.2. The predicted octanol–water partition coefficient (Wildman–Crippen LogP) is 5.81. The first-order chi connectivity index (χ1) is 22.2. The molecule has 1 atom stereocenters. The summed E-state index contributed by atoms with van der Waals surface area (Å²) in [6.45, 7) is 1.72. The highest BCUT2D eigenvalue weighted by atomic mass is 19.1. The summed E-state index contributed by atoms with van der Waals surface area (Å²) in [7, 11) is 1.68. The quantitative estimate of drug-likeness (QED) is 0.220. The van der Waals surface area contributed by atoms with Crippen LogP contribution in [0, 0.1) is 34.7 Å². The number of halogens is 3. The van der Waals surface area contributed by atoms with E-state index in [2.05, 4.69) is 9.97 Å². The van der Waals surface area contributed by atoms with Crippen LogP contribution >= 0.6 is 0 Å². The summed E-state index contributed by atoms with van der Waals surface area (Å²) in [4.78, 5) is 20.0. The topological polar surface area (TPSA) is 130 Å². The molecule has 1 saturated heterocycles. The lowest BCUT2D eigenvalue weighted by molar-refractivity contribution is 0.0697. The van der Waals surface area contributed by atoms with Crippen molar-refractivity contribution >= 4 is 17.0 Å². The number of pyridine rings is 1. The SMILES string of the molecule is Cn1c(Cc2cc(F)c(-c3cccc(OCc4ccc(C#N)cc4F)n3)cc2F)nc2ccc(C(=O)O)cc21.OC[C@H]1CCOC1. The maximum absolute atomic E-state index is 15.2. The number of aliphatic hydroxyl groups excluding tert-OH is 1. The first-order valence-corrected chi connectivity index (χ1v) is 14.3. The lowest BCUT2D eigenvalue weighted by Gasteiger charge is -2.11. The van der Waals surface area contributed by atoms with Crippen LogP contribution in [0.3, 0.4) is 0 Å². The van der Waals surface area contributed by atoms with Crippen LogP contribution in [0.5, 0.6) is 5.88 Å². The van der Waals surface area contributed by atoms with Gasteiger partial charge in [-0.1, -0.05) is 12.1 Å². The van der Waals surface area contributed by atoms with Crippen molar-refractivity contribution in [3.8, 4) is 23.2 Å². The van der Waals surface area contributed by atoms with Gasteiger partial charge in [-0.3, -0.25) is 0 Å². The number of ether oxygens (including phenoxy) is 2. The summed E-state index contributed by atoms with van der Waals surface area (Å²) in [5.74, 6) is -2.11. The largest absolute Gasteiger partial charge is 0.478 e. The summed E-state index contributed by atoms with van der Waals surface area (Å²) < 4.78 is 56.6. The van der Waals surface area contributed by atoms with Crippen LogP contribution in [0.2, 0.25) is 0 Å². The van der Waals surface area contributed by atoms with Crippen LogP contribution in [0.4, 0.5) is 13.2 Å². The Morgan fingerprint density at radius 3 is 2.52 bits per heavy atom. The van der Waals surface area contributed by atoms with Gasteiger partial charge in [-0.15, -0.1) is 0 Å². The fraction of sp³-hybridized carbons (Fsp3) is 0.235. The first-order valence-electron chi connectivity index (χ1n) is 14.3. The molecule has 1 fully saturated rings. The monoisotopic (exact) mass is 630 g/mol. The van der Waals surface area contributed by atoms with Crippen molar-refractivity contribution < 1.29 is 37.7 Å². The van der Waals surface area contributed by atoms with Gasteiger partial charge in [-0.25, -0.2) is 27.9 Å². The molecule has 1 aliphatic heterocycles. The van der Waals surface area contributed by atoms with Crippen LogP contribution in [0.25, 0.3) is 22.3 Å². The number of imidazole rings is 1. The molecule has 3 aromatic carbocycles. The minimum absolute atomic E-state index is 0.0245. The van der Waals surface area contributed by atoms with Gasteiger partial charge >= 0.3 is 5.97 Å². The molecule has 0 radical (unpaired) electrons. The van der Waals surface area contributed by atoms with Gasteiger partial charge in [0.15, 0.2) is 0 Å². The van der Waals surface area contributed by atoms with Crippen LogP contribution in [0.1, 0.15) is 39.3 Å². The Morgan fingerprint density at radius 2 is 1.85 bits per heavy atom. The maximum Gasteiger partial charge on any atom is 0.335 e. The van der Waals surface area contributed by atoms with Gasteiger partial charge in [0.25, 0.3) is 0 Å². The number of rotatable bonds is 8. The molecule has 0 aliphatic carbocycles. The van der Waals surface area contributed by atoms with Gasteiger partial charge in [0.2, 0.25) is 5.88 Å². The third kappa shape index (κ3) is 7.34. The number of aromatic carboxylic acids is 1. The summed E-state index contributed by atoms with van der Waals surface area (Å²) in [6, 6.07) is 17.0. The van der Waals surface area contributed by atoms with Crippen LogP contribution in [0.15, 0.2) is 66.7 Å². The second-order valence-corrected chi connectivity index (χ2v) is 10.7. The molecule has 46 heavy (non-hydrogen) atoms. The van der Waals surface area contributed by atoms with Gasteiger partial charge in [-0.2, -0.15) is 5.26 Å². The zero-order valence-corrected chi connectivity index (χ0v) is 24.7. The number of carboxylic acids is 1. The van der Waals surface area contributed by atoms with Gasteiger partial charge in [0.05, 0.1) is 40.5 Å². The van der Waals surface area contributed by atoms with E-state index in [0.29, 0.717) is 29.4 Å². The Kier molecular flexibility index (Phi) is 9.95. The van der Waals surface area contributed by atoms with Crippen LogP contribution in [-0.2, 0) is 24.8 Å². The van der Waals surface area contributed by atoms with Crippen molar-refractivity contribution in [3.63, 3.8) is 0 Å². The average Bonchev–Trinajstić information content (AvgIpc) is 3.70. The van der Waals surface area contributed by atoms with Crippen molar-refractivity contribution in [1.29, 1.82) is 5.26 Å². The van der Waals surface area contributed by atoms with E-state index < -0.39 is 23.4 Å². The average molecular weight is 631 g/mol. The fourth-order valence-electron chi connectivity index (χ4n) is 4.88. The molecule has 0 saturated carbocycles. The number of fused-ring (bicyclic) bond motifs is 1. The number of carbonyl (C=O) groups is 1. The van der Waals surface area contributed by atoms with Crippen molar-refractivity contribution in [2.24, 2.45) is 13.0 Å². The predicted molar refractivity (Wildman–Crippen MR) is 162 cm³/mol. The Balaban J connectivity index is 0.000000527. The lowest BCUT2D eigenvalue weighted by Crippen LogP contribution is -2.04. The van der Waals surface area contributed by atoms with E-state index in [1.54, 1.807) is 23.7 Å². The van der Waals surface area contributed by atoms with Gasteiger partial charge in [-0.05, 0) is 60.5 Å². The third-order valence-electron chi connectivity index (χ3n) is 7.54. The summed E-state index contributed by atoms with van der Waals surface area (Å²) in [5, 5.41) is 26.6. The number of aryl methyl sites for hydroxylation is 1. The van der Waals surface area contributed by atoms with Crippen molar-refractivity contribution in [1.82, 2.24) is 14.5 Å². The minimum atomic E-state index is -1.08. The Labute approximate surface area is 262 Å². The number of nitriles is 1. The number of aliphatic hydroxyl groups is 1. The van der Waals surface area contributed by atoms with Gasteiger partial charge < -0.3 is 24.3 Å². The number of hydrogen-bond donors (Lipinski definition) is 2. The fourth-order valence-corrected chi connectivity index (χ4v) is 4.88. The molecule has 12 heteroatoms. The summed E-state index contributed by atoms with van der Waals surface area (Å²) in [5.41, 5.74) is 1.70. The van der Waals surface area contributed by atoms with E-state index in [9.17, 15) is 14.3 Å². The number of hydrogen-bond acceptors (Lipinski definition) is 7. The Morgan fingerprint density at radius 1 is 1.04 bits per heavy atom. The molecule has 0 bridgehead atoms. The van der Waals surface area contributed by atoms with Crippen molar-refractivity contribution in [2.45, 2.75) is 19.4 Å². The highest BCUT2D eigenvalue weighted by molar-refractivity contribution is 5.92. The zero-order valence-electron chi connectivity index (χ0n) is 24.7. The van der Waals surface area contributed by atoms with E-state index in [4.69, 9.17) is 19.8 Å². The van der Waals surface area contributed by atoms with Crippen molar-refractivity contribution in [3.05, 3.63) is 112 Å². The second-order valence-electron chi connectivity index (χ2n) is 10.7. The van der Waals surface area contributed by atoms with E-state index in [-0.39, 0.29) is 52.4 Å². The molecule has 2 aromatic heterocycles. The standard InChI is InChI=1S/C29H19F3N4O3.C5H10O2/c1-36-26-11-17(29(37)38)7-8-25(26)34-27(36)12-19-10-23(32)20(13-22(19)31)24-3-2-4-28(35-24)39-15-18-6-5-16(14-33)9-21(18)30;6-3-5-1-2-7-4-5/h2-11,13H,12,15H2,1H3,(H,37,38);5-6H,1-4H2/t;5-/m.1/s1. The number of nitrogens with zero attached hydrogens (tertiary/aromatic N) is 4. The highest BCUT2D eigenvalue weighted by Crippen LogP contribution is 2.28. The van der Waals surface area contributed by atoms with Gasteiger partial charge in [0, 0.05) is 49.8 Å². The molecule has 5 aromatic rings. The van der Waals surface area contributed by atoms with Crippen LogP contribution in [-0.4, -0.2) is 50.5 Å². The highest BCUT2D eigenvalue weighted by Gasteiger charge is 2.18. The van der Waals surface area contributed by atoms with E-state index in [0.717, 1.165) is 37.8 Å². The summed E-state index contributed by atoms with van der Waals surface area (Å²) >= 11 is 0. The second kappa shape index (κ2) is 14.2. The molecular weight excluding hydrogens is 601 g/mol. The Bertz CT molecular complexity index is 1930. The molecule has 0 unspecified atom stereocenters. The van der Waals surface area contributed by atoms with Crippen LogP contribution < -0.4 is 4.74 Å². The molecule has 0 spiro atoms. The number of carboxylic acid groups (broad SMARTS) is 1. The molecule has 236 valence electrons. The van der Waals surface area contributed by atoms with Gasteiger partial charge in [0.1, 0.15) is 29.9 Å². The molecule has 0 amide bonds. The maximum atomic E-state index is 15.2. The number of aromatic nitrogens is 3. The third-order valence-corrected chi connectivity index (χ3v) is 7.54. The van der Waals surface area contributed by atoms with E-state index in [1.807, 2.05) is 6.07 Å². The molecule has 6 rings (SSSR count). The number of benzene rings is 3. The zero-order chi connectivity index (χ0) is 32.8. The normalized spacial score (nSPS) is 14.0.